The number of hydrogen-bond acceptors (Lipinski definition) is 4. The number of carboxylic acid groups (broad SMARTS) is 1. The highest BCUT2D eigenvalue weighted by molar-refractivity contribution is 5.78. The van der Waals surface area contributed by atoms with Crippen molar-refractivity contribution in [1.82, 2.24) is 10.2 Å². The van der Waals surface area contributed by atoms with E-state index in [1.165, 1.54) is 0 Å². The first-order chi connectivity index (χ1) is 12.1. The topological polar surface area (TPSA) is 78.9 Å². The second-order valence-corrected chi connectivity index (χ2v) is 6.54. The average Bonchev–Trinajstić information content (AvgIpc) is 2.61. The number of unbranched alkanes of at least 4 members (excludes halogenated alkanes) is 1. The number of piperidine rings is 1. The number of likely N-dealkylation sites (tertiary alicyclic amines) is 1. The molecule has 1 heterocycles. The SMILES string of the molecule is CCCCOc1cccc(CNC(=O)CN2CCCC(C(=O)O)C2)c1. The van der Waals surface area contributed by atoms with Crippen molar-refractivity contribution >= 4 is 11.9 Å². The van der Waals surface area contributed by atoms with Gasteiger partial charge in [-0.05, 0) is 43.5 Å². The highest BCUT2D eigenvalue weighted by Crippen LogP contribution is 2.16. The third kappa shape index (κ3) is 6.74. The molecule has 6 nitrogen and oxygen atoms in total. The lowest BCUT2D eigenvalue weighted by Gasteiger charge is -2.29. The minimum atomic E-state index is -0.773. The van der Waals surface area contributed by atoms with Crippen molar-refractivity contribution in [3.05, 3.63) is 29.8 Å². The molecule has 25 heavy (non-hydrogen) atoms. The van der Waals surface area contributed by atoms with E-state index >= 15 is 0 Å². The molecule has 1 amide bonds. The Morgan fingerprint density at radius 1 is 1.40 bits per heavy atom. The third-order valence-corrected chi connectivity index (χ3v) is 4.38. The molecule has 1 aromatic rings. The Bertz CT molecular complexity index is 576. The van der Waals surface area contributed by atoms with Gasteiger partial charge in [0.15, 0.2) is 0 Å². The molecule has 0 spiro atoms. The zero-order chi connectivity index (χ0) is 18.1. The van der Waals surface area contributed by atoms with Crippen LogP contribution < -0.4 is 10.1 Å². The Morgan fingerprint density at radius 2 is 2.24 bits per heavy atom. The number of rotatable bonds is 9. The van der Waals surface area contributed by atoms with E-state index in [0.717, 1.165) is 37.1 Å². The van der Waals surface area contributed by atoms with Crippen LogP contribution in [-0.2, 0) is 16.1 Å². The lowest BCUT2D eigenvalue weighted by Crippen LogP contribution is -2.44. The molecule has 0 aliphatic carbocycles. The van der Waals surface area contributed by atoms with E-state index in [-0.39, 0.29) is 18.4 Å². The van der Waals surface area contributed by atoms with Gasteiger partial charge in [-0.1, -0.05) is 25.5 Å². The minimum absolute atomic E-state index is 0.0802. The molecule has 1 fully saturated rings. The molecule has 1 aliphatic heterocycles. The summed E-state index contributed by atoms with van der Waals surface area (Å²) in [5, 5.41) is 12.0. The fourth-order valence-corrected chi connectivity index (χ4v) is 2.94. The van der Waals surface area contributed by atoms with Crippen molar-refractivity contribution in [3.63, 3.8) is 0 Å². The maximum absolute atomic E-state index is 12.1. The monoisotopic (exact) mass is 348 g/mol. The van der Waals surface area contributed by atoms with Gasteiger partial charge in [-0.15, -0.1) is 0 Å². The largest absolute Gasteiger partial charge is 0.494 e. The Hall–Kier alpha value is -2.08. The number of carboxylic acids is 1. The van der Waals surface area contributed by atoms with Gasteiger partial charge in [-0.3, -0.25) is 14.5 Å². The van der Waals surface area contributed by atoms with Crippen LogP contribution in [0.4, 0.5) is 0 Å². The van der Waals surface area contributed by atoms with Gasteiger partial charge in [-0.25, -0.2) is 0 Å². The number of ether oxygens (including phenoxy) is 1. The summed E-state index contributed by atoms with van der Waals surface area (Å²) in [5.41, 5.74) is 0.990. The van der Waals surface area contributed by atoms with Gasteiger partial charge in [-0.2, -0.15) is 0 Å². The molecule has 138 valence electrons. The van der Waals surface area contributed by atoms with Crippen LogP contribution in [-0.4, -0.2) is 48.1 Å². The number of nitrogens with zero attached hydrogens (tertiary/aromatic N) is 1. The van der Waals surface area contributed by atoms with Crippen molar-refractivity contribution in [1.29, 1.82) is 0 Å². The first-order valence-electron chi connectivity index (χ1n) is 9.02. The minimum Gasteiger partial charge on any atom is -0.494 e. The average molecular weight is 348 g/mol. The maximum Gasteiger partial charge on any atom is 0.307 e. The van der Waals surface area contributed by atoms with Gasteiger partial charge >= 0.3 is 5.97 Å². The van der Waals surface area contributed by atoms with Gasteiger partial charge < -0.3 is 15.2 Å². The molecule has 1 atom stereocenters. The van der Waals surface area contributed by atoms with E-state index in [4.69, 9.17) is 9.84 Å². The van der Waals surface area contributed by atoms with Gasteiger partial charge in [0.1, 0.15) is 5.75 Å². The molecule has 1 unspecified atom stereocenters. The molecule has 0 bridgehead atoms. The van der Waals surface area contributed by atoms with E-state index in [9.17, 15) is 9.59 Å². The molecule has 0 aromatic heterocycles. The number of nitrogens with one attached hydrogen (secondary N) is 1. The Labute approximate surface area is 149 Å². The van der Waals surface area contributed by atoms with Crippen LogP contribution in [0.5, 0.6) is 5.75 Å². The number of carbonyl (C=O) groups is 2. The second-order valence-electron chi connectivity index (χ2n) is 6.54. The first kappa shape index (κ1) is 19.2. The number of aliphatic carboxylic acids is 1. The quantitative estimate of drug-likeness (QED) is 0.670. The van der Waals surface area contributed by atoms with Crippen LogP contribution in [0.25, 0.3) is 0 Å². The van der Waals surface area contributed by atoms with Crippen molar-refractivity contribution < 1.29 is 19.4 Å². The van der Waals surface area contributed by atoms with E-state index < -0.39 is 5.97 Å². The fraction of sp³-hybridized carbons (Fsp3) is 0.579. The molecule has 0 radical (unpaired) electrons. The van der Waals surface area contributed by atoms with Crippen molar-refractivity contribution in [2.45, 2.75) is 39.2 Å². The lowest BCUT2D eigenvalue weighted by atomic mass is 9.98. The lowest BCUT2D eigenvalue weighted by molar-refractivity contribution is -0.144. The number of amides is 1. The summed E-state index contributed by atoms with van der Waals surface area (Å²) >= 11 is 0. The fourth-order valence-electron chi connectivity index (χ4n) is 2.94. The van der Waals surface area contributed by atoms with Gasteiger partial charge in [0.25, 0.3) is 0 Å². The molecule has 1 aliphatic rings. The van der Waals surface area contributed by atoms with E-state index in [1.54, 1.807) is 0 Å². The summed E-state index contributed by atoms with van der Waals surface area (Å²) in [6.07, 6.45) is 3.63. The van der Waals surface area contributed by atoms with Crippen molar-refractivity contribution in [2.75, 3.05) is 26.2 Å². The van der Waals surface area contributed by atoms with Crippen molar-refractivity contribution in [3.8, 4) is 5.75 Å². The van der Waals surface area contributed by atoms with Crippen LogP contribution in [0.15, 0.2) is 24.3 Å². The summed E-state index contributed by atoms with van der Waals surface area (Å²) < 4.78 is 5.67. The normalized spacial score (nSPS) is 17.9. The van der Waals surface area contributed by atoms with Gasteiger partial charge in [0.2, 0.25) is 5.91 Å². The first-order valence-corrected chi connectivity index (χ1v) is 9.02. The Morgan fingerprint density at radius 3 is 3.00 bits per heavy atom. The standard InChI is InChI=1S/C19H28N2O4/c1-2-3-10-25-17-8-4-6-15(11-17)12-20-18(22)14-21-9-5-7-16(13-21)19(23)24/h4,6,8,11,16H,2-3,5,7,9-10,12-14H2,1H3,(H,20,22)(H,23,24). The highest BCUT2D eigenvalue weighted by Gasteiger charge is 2.26. The highest BCUT2D eigenvalue weighted by atomic mass is 16.5. The molecule has 2 N–H and O–H groups in total. The molecular formula is C19H28N2O4. The summed E-state index contributed by atoms with van der Waals surface area (Å²) in [6.45, 7) is 4.74. The van der Waals surface area contributed by atoms with Crippen molar-refractivity contribution in [2.24, 2.45) is 5.92 Å². The summed E-state index contributed by atoms with van der Waals surface area (Å²) in [7, 11) is 0. The van der Waals surface area contributed by atoms with E-state index in [2.05, 4.69) is 12.2 Å². The summed E-state index contributed by atoms with van der Waals surface area (Å²) in [6, 6.07) is 7.73. The Kier molecular flexibility index (Phi) is 7.73. The summed E-state index contributed by atoms with van der Waals surface area (Å²) in [4.78, 5) is 25.1. The van der Waals surface area contributed by atoms with Crippen LogP contribution in [0.3, 0.4) is 0 Å². The smallest absolute Gasteiger partial charge is 0.307 e. The zero-order valence-corrected chi connectivity index (χ0v) is 14.9. The maximum atomic E-state index is 12.1. The van der Waals surface area contributed by atoms with Gasteiger partial charge in [0.05, 0.1) is 19.1 Å². The third-order valence-electron chi connectivity index (χ3n) is 4.38. The molecule has 2 rings (SSSR count). The molecular weight excluding hydrogens is 320 g/mol. The number of hydrogen-bond donors (Lipinski definition) is 2. The zero-order valence-electron chi connectivity index (χ0n) is 14.9. The van der Waals surface area contributed by atoms with E-state index in [0.29, 0.717) is 26.1 Å². The van der Waals surface area contributed by atoms with Gasteiger partial charge in [0, 0.05) is 13.1 Å². The number of carbonyl (C=O) groups excluding carboxylic acids is 1. The van der Waals surface area contributed by atoms with Crippen LogP contribution in [0.1, 0.15) is 38.2 Å². The second kappa shape index (κ2) is 10.0. The summed E-state index contributed by atoms with van der Waals surface area (Å²) in [5.74, 6) is -0.396. The predicted molar refractivity (Wildman–Crippen MR) is 95.5 cm³/mol. The van der Waals surface area contributed by atoms with Crippen LogP contribution >= 0.6 is 0 Å². The molecule has 1 saturated heterocycles. The van der Waals surface area contributed by atoms with Crippen LogP contribution in [0.2, 0.25) is 0 Å². The number of benzene rings is 1. The predicted octanol–water partition coefficient (Wildman–Crippen LogP) is 2.28. The van der Waals surface area contributed by atoms with E-state index in [1.807, 2.05) is 29.2 Å². The molecule has 1 aromatic carbocycles. The Balaban J connectivity index is 1.76. The molecule has 6 heteroatoms. The molecule has 0 saturated carbocycles. The van der Waals surface area contributed by atoms with Crippen LogP contribution in [0, 0.1) is 5.92 Å².